The molecule has 3 heterocycles. The number of esters is 1. The molecule has 14 heteroatoms. The van der Waals surface area contributed by atoms with Crippen molar-refractivity contribution in [2.45, 2.75) is 14.4 Å². The molecule has 0 amide bonds. The monoisotopic (exact) mass is 552 g/mol. The van der Waals surface area contributed by atoms with E-state index in [4.69, 9.17) is 25.4 Å². The van der Waals surface area contributed by atoms with Gasteiger partial charge in [0.05, 0.1) is 23.8 Å². The average Bonchev–Trinajstić information content (AvgIpc) is 3.48. The number of aldehydes is 1. The van der Waals surface area contributed by atoms with Gasteiger partial charge < -0.3 is 31.0 Å². The number of ether oxygens (including phenoxy) is 1. The number of nitrogens with two attached hydrogens (primary N) is 2. The van der Waals surface area contributed by atoms with Crippen LogP contribution in [0.3, 0.4) is 0 Å². The Morgan fingerprint density at radius 2 is 1.80 bits per heavy atom. The lowest BCUT2D eigenvalue weighted by molar-refractivity contribution is -0.140. The first-order chi connectivity index (χ1) is 16.2. The molecule has 0 aliphatic rings. The summed E-state index contributed by atoms with van der Waals surface area (Å²) in [7, 11) is 0. The summed E-state index contributed by atoms with van der Waals surface area (Å²) in [4.78, 5) is 44.4. The van der Waals surface area contributed by atoms with Crippen LogP contribution >= 0.6 is 47.1 Å². The molecule has 3 rings (SSSR count). The van der Waals surface area contributed by atoms with Gasteiger partial charge in [-0.1, -0.05) is 19.6 Å². The number of aromatic nitrogens is 2. The normalized spacial score (nSPS) is 8.31. The fourth-order valence-corrected chi connectivity index (χ4v) is 3.26. The lowest BCUT2D eigenvalue weighted by atomic mass is 10.3. The third-order valence-corrected chi connectivity index (χ3v) is 4.86. The van der Waals surface area contributed by atoms with Crippen molar-refractivity contribution < 1.29 is 14.3 Å². The first kappa shape index (κ1) is 33.5. The van der Waals surface area contributed by atoms with E-state index in [9.17, 15) is 14.4 Å². The standard InChI is InChI=1S/C9H5N3OS2.C5H7NO2.C5H4OS.CH4N2S.CH4/c1-10-7-6(5-3-2-4-15-5)11-9(14)12-8(7)13;1-3-8-5(7)4-6-2;6-4-5-2-1-3-7-5;2-1(3)4;/h2-4H,(H2,11,12,13,14);3-4H2,1H3;1-4H;(H4,2,3,4);1H4. The highest BCUT2D eigenvalue weighted by Gasteiger charge is 2.10. The van der Waals surface area contributed by atoms with E-state index in [0.29, 0.717) is 12.3 Å². The highest BCUT2D eigenvalue weighted by atomic mass is 32.1. The number of aromatic amines is 2. The van der Waals surface area contributed by atoms with Crippen LogP contribution in [0.2, 0.25) is 0 Å². The third-order valence-electron chi connectivity index (χ3n) is 2.97. The Kier molecular flexibility index (Phi) is 18.9. The predicted molar refractivity (Wildman–Crippen MR) is 147 cm³/mol. The molecule has 6 N–H and O–H groups in total. The van der Waals surface area contributed by atoms with Crippen molar-refractivity contribution in [3.05, 3.63) is 77.9 Å². The maximum absolute atomic E-state index is 11.4. The number of hydrogen-bond acceptors (Lipinski definition) is 8. The first-order valence-electron chi connectivity index (χ1n) is 9.00. The molecular formula is C21H24N6O4S4. The zero-order valence-corrected chi connectivity index (χ0v) is 21.0. The van der Waals surface area contributed by atoms with Gasteiger partial charge >= 0.3 is 12.5 Å². The van der Waals surface area contributed by atoms with Crippen LogP contribution in [0, 0.1) is 17.9 Å². The maximum atomic E-state index is 11.4. The zero-order valence-electron chi connectivity index (χ0n) is 17.8. The van der Waals surface area contributed by atoms with Gasteiger partial charge in [-0.05, 0) is 54.3 Å². The summed E-state index contributed by atoms with van der Waals surface area (Å²) in [5, 5.41) is 3.75. The minimum Gasteiger partial charge on any atom is -0.460 e. The highest BCUT2D eigenvalue weighted by molar-refractivity contribution is 7.80. The second-order valence-electron chi connectivity index (χ2n) is 5.38. The Morgan fingerprint density at radius 3 is 2.20 bits per heavy atom. The summed E-state index contributed by atoms with van der Waals surface area (Å²) in [6.07, 6.45) is 0.852. The van der Waals surface area contributed by atoms with Crippen molar-refractivity contribution >= 4 is 70.2 Å². The van der Waals surface area contributed by atoms with Crippen molar-refractivity contribution in [1.82, 2.24) is 9.97 Å². The minimum absolute atomic E-state index is 0. The largest absolute Gasteiger partial charge is 0.460 e. The Labute approximate surface area is 221 Å². The molecule has 0 radical (unpaired) electrons. The van der Waals surface area contributed by atoms with E-state index >= 15 is 0 Å². The van der Waals surface area contributed by atoms with E-state index in [1.807, 2.05) is 29.0 Å². The molecule has 0 aromatic carbocycles. The lowest BCUT2D eigenvalue weighted by Gasteiger charge is -1.99. The molecule has 0 saturated carbocycles. The quantitative estimate of drug-likeness (QED) is 0.159. The van der Waals surface area contributed by atoms with Gasteiger partial charge in [-0.3, -0.25) is 9.59 Å². The van der Waals surface area contributed by atoms with Crippen LogP contribution in [0.5, 0.6) is 0 Å². The molecule has 10 nitrogen and oxygen atoms in total. The Hall–Kier alpha value is -3.69. The lowest BCUT2D eigenvalue weighted by Crippen LogP contribution is -2.18. The van der Waals surface area contributed by atoms with Crippen LogP contribution in [-0.4, -0.2) is 40.5 Å². The number of rotatable bonds is 4. The summed E-state index contributed by atoms with van der Waals surface area (Å²) in [6.45, 7) is 15.1. The van der Waals surface area contributed by atoms with E-state index in [0.717, 1.165) is 16.0 Å². The zero-order chi connectivity index (χ0) is 25.9. The molecule has 186 valence electrons. The van der Waals surface area contributed by atoms with Crippen LogP contribution in [0.1, 0.15) is 24.0 Å². The predicted octanol–water partition coefficient (Wildman–Crippen LogP) is 4.57. The number of nitrogens with zero attached hydrogens (tertiary/aromatic N) is 2. The highest BCUT2D eigenvalue weighted by Crippen LogP contribution is 2.28. The van der Waals surface area contributed by atoms with E-state index in [1.165, 1.54) is 22.7 Å². The van der Waals surface area contributed by atoms with Crippen molar-refractivity contribution in [3.8, 4) is 10.6 Å². The molecule has 0 unspecified atom stereocenters. The summed E-state index contributed by atoms with van der Waals surface area (Å²) in [6, 6.07) is 7.33. The van der Waals surface area contributed by atoms with E-state index in [1.54, 1.807) is 13.0 Å². The molecule has 35 heavy (non-hydrogen) atoms. The van der Waals surface area contributed by atoms with Crippen LogP contribution in [0.15, 0.2) is 39.8 Å². The van der Waals surface area contributed by atoms with Crippen LogP contribution < -0.4 is 17.0 Å². The number of nitrogens with one attached hydrogen (secondary N) is 2. The molecule has 0 aliphatic carbocycles. The maximum Gasteiger partial charge on any atom is 0.387 e. The topological polar surface area (TPSA) is 153 Å². The Morgan fingerprint density at radius 1 is 1.20 bits per heavy atom. The van der Waals surface area contributed by atoms with E-state index in [2.05, 4.69) is 48.1 Å². The average molecular weight is 553 g/mol. The number of thiocarbonyl (C=S) groups is 1. The molecule has 0 fully saturated rings. The second kappa shape index (κ2) is 19.7. The number of carbonyl (C=O) groups is 2. The Bertz CT molecular complexity index is 1230. The summed E-state index contributed by atoms with van der Waals surface area (Å²) >= 11 is 11.9. The van der Waals surface area contributed by atoms with Crippen molar-refractivity contribution in [1.29, 1.82) is 0 Å². The molecule has 0 spiro atoms. The van der Waals surface area contributed by atoms with Gasteiger partial charge in [0.1, 0.15) is 0 Å². The first-order valence-corrected chi connectivity index (χ1v) is 11.6. The number of H-pyrrole nitrogens is 2. The van der Waals surface area contributed by atoms with Gasteiger partial charge in [0, 0.05) is 4.88 Å². The minimum atomic E-state index is -0.447. The smallest absolute Gasteiger partial charge is 0.387 e. The SMILES string of the molecule is C.NC(N)=S.O=Cc1cccs1.[C-]#[N+]CC(=O)OCC.[C-]#[N+]c1c(-c2cccs2)[nH]c(=S)[nH]c1=O. The van der Waals surface area contributed by atoms with Gasteiger partial charge in [-0.25, -0.2) is 16.2 Å². The van der Waals surface area contributed by atoms with Crippen molar-refractivity contribution in [2.75, 3.05) is 13.2 Å². The van der Waals surface area contributed by atoms with Crippen LogP contribution in [-0.2, 0) is 9.53 Å². The molecular weight excluding hydrogens is 529 g/mol. The van der Waals surface area contributed by atoms with Gasteiger partial charge in [0.25, 0.3) is 11.2 Å². The third kappa shape index (κ3) is 14.9. The molecule has 3 aromatic heterocycles. The molecule has 0 saturated heterocycles. The molecule has 0 atom stereocenters. The Balaban J connectivity index is 0. The van der Waals surface area contributed by atoms with Crippen molar-refractivity contribution in [3.63, 3.8) is 0 Å². The second-order valence-corrected chi connectivity index (χ2v) is 8.18. The summed E-state index contributed by atoms with van der Waals surface area (Å²) < 4.78 is 4.66. The number of hydrogen-bond donors (Lipinski definition) is 4. The molecule has 0 bridgehead atoms. The van der Waals surface area contributed by atoms with Crippen molar-refractivity contribution in [2.24, 2.45) is 11.5 Å². The van der Waals surface area contributed by atoms with Gasteiger partial charge in [0.2, 0.25) is 0 Å². The summed E-state index contributed by atoms with van der Waals surface area (Å²) in [5.74, 6) is -0.442. The van der Waals surface area contributed by atoms with Crippen LogP contribution in [0.4, 0.5) is 5.69 Å². The van der Waals surface area contributed by atoms with Gasteiger partial charge in [0.15, 0.2) is 16.2 Å². The van der Waals surface area contributed by atoms with Gasteiger partial charge in [-0.15, -0.1) is 22.7 Å². The molecule has 0 aliphatic heterocycles. The fourth-order valence-electron chi connectivity index (χ4n) is 1.82. The number of thiophene rings is 2. The van der Waals surface area contributed by atoms with Crippen LogP contribution in [0.25, 0.3) is 20.3 Å². The number of carbonyl (C=O) groups excluding carboxylic acids is 2. The molecule has 3 aromatic rings. The van der Waals surface area contributed by atoms with E-state index in [-0.39, 0.29) is 29.5 Å². The summed E-state index contributed by atoms with van der Waals surface area (Å²) in [5.41, 5.74) is 9.34. The van der Waals surface area contributed by atoms with Gasteiger partial charge in [-0.2, -0.15) is 0 Å². The fraction of sp³-hybridized carbons (Fsp3) is 0.190. The van der Waals surface area contributed by atoms with E-state index < -0.39 is 11.5 Å².